The molecule has 3 rings (SSSR count). The van der Waals surface area contributed by atoms with Gasteiger partial charge in [-0.2, -0.15) is 0 Å². The first kappa shape index (κ1) is 12.9. The number of ether oxygens (including phenoxy) is 1. The number of hydrogen-bond donors (Lipinski definition) is 1. The zero-order chi connectivity index (χ0) is 12.8. The van der Waals surface area contributed by atoms with E-state index in [-0.39, 0.29) is 0 Å². The van der Waals surface area contributed by atoms with Crippen LogP contribution in [0.4, 0.5) is 0 Å². The highest BCUT2D eigenvalue weighted by atomic mass is 16.5. The van der Waals surface area contributed by atoms with Crippen LogP contribution in [0.2, 0.25) is 0 Å². The van der Waals surface area contributed by atoms with E-state index < -0.39 is 0 Å². The molecule has 1 N–H and O–H groups in total. The Morgan fingerprint density at radius 1 is 1.06 bits per heavy atom. The van der Waals surface area contributed by atoms with E-state index in [0.717, 1.165) is 24.5 Å². The van der Waals surface area contributed by atoms with Crippen molar-refractivity contribution in [1.29, 1.82) is 0 Å². The van der Waals surface area contributed by atoms with Crippen molar-refractivity contribution in [2.45, 2.75) is 77.5 Å². The molecule has 3 fully saturated rings. The molecule has 0 aromatic carbocycles. The van der Waals surface area contributed by atoms with Gasteiger partial charge in [0.1, 0.15) is 0 Å². The maximum atomic E-state index is 5.99. The fourth-order valence-electron chi connectivity index (χ4n) is 4.54. The monoisotopic (exact) mass is 251 g/mol. The molecule has 1 heterocycles. The summed E-state index contributed by atoms with van der Waals surface area (Å²) >= 11 is 0. The number of hydrogen-bond acceptors (Lipinski definition) is 2. The van der Waals surface area contributed by atoms with Crippen molar-refractivity contribution < 1.29 is 4.74 Å². The largest absolute Gasteiger partial charge is 0.377 e. The molecule has 0 bridgehead atoms. The molecular formula is C16H29NO. The summed E-state index contributed by atoms with van der Waals surface area (Å²) in [5.74, 6) is 1.73. The van der Waals surface area contributed by atoms with Crippen molar-refractivity contribution in [3.05, 3.63) is 0 Å². The van der Waals surface area contributed by atoms with Crippen LogP contribution in [0, 0.1) is 17.3 Å². The Morgan fingerprint density at radius 2 is 1.78 bits per heavy atom. The maximum absolute atomic E-state index is 5.99. The average molecular weight is 251 g/mol. The van der Waals surface area contributed by atoms with Gasteiger partial charge in [0, 0.05) is 30.0 Å². The molecule has 1 saturated heterocycles. The standard InChI is InChI=1S/C16H29NO/c1-11-6-8-12(9-7-11)17-14-13-5-4-10-18-15(13)16(14,2)3/h11-15,17H,4-10H2,1-3H3. The Bertz CT molecular complexity index is 293. The molecular weight excluding hydrogens is 222 g/mol. The second kappa shape index (κ2) is 4.79. The third-order valence-electron chi connectivity index (χ3n) is 5.76. The lowest BCUT2D eigenvalue weighted by atomic mass is 9.55. The zero-order valence-electron chi connectivity index (χ0n) is 12.2. The predicted octanol–water partition coefficient (Wildman–Crippen LogP) is 3.36. The van der Waals surface area contributed by atoms with Crippen LogP contribution < -0.4 is 5.32 Å². The highest BCUT2D eigenvalue weighted by Crippen LogP contribution is 2.51. The zero-order valence-corrected chi connectivity index (χ0v) is 12.2. The molecule has 0 amide bonds. The Balaban J connectivity index is 1.59. The van der Waals surface area contributed by atoms with Gasteiger partial charge in [-0.3, -0.25) is 0 Å². The van der Waals surface area contributed by atoms with E-state index in [1.165, 1.54) is 38.5 Å². The van der Waals surface area contributed by atoms with E-state index in [9.17, 15) is 0 Å². The van der Waals surface area contributed by atoms with Crippen LogP contribution in [0.3, 0.4) is 0 Å². The summed E-state index contributed by atoms with van der Waals surface area (Å²) in [5, 5.41) is 3.99. The fourth-order valence-corrected chi connectivity index (χ4v) is 4.54. The third kappa shape index (κ3) is 2.12. The minimum absolute atomic E-state index is 0.341. The van der Waals surface area contributed by atoms with Crippen LogP contribution in [-0.4, -0.2) is 24.8 Å². The molecule has 0 radical (unpaired) electrons. The summed E-state index contributed by atoms with van der Waals surface area (Å²) < 4.78 is 5.99. The van der Waals surface area contributed by atoms with Crippen LogP contribution in [0.1, 0.15) is 59.3 Å². The van der Waals surface area contributed by atoms with E-state index in [2.05, 4.69) is 26.1 Å². The number of nitrogens with one attached hydrogen (secondary N) is 1. The minimum Gasteiger partial charge on any atom is -0.377 e. The highest BCUT2D eigenvalue weighted by molar-refractivity contribution is 5.10. The molecule has 18 heavy (non-hydrogen) atoms. The second-order valence-electron chi connectivity index (χ2n) is 7.52. The average Bonchev–Trinajstić information content (AvgIpc) is 2.38. The van der Waals surface area contributed by atoms with Gasteiger partial charge in [-0.15, -0.1) is 0 Å². The van der Waals surface area contributed by atoms with E-state index >= 15 is 0 Å². The molecule has 2 heteroatoms. The van der Waals surface area contributed by atoms with Gasteiger partial charge >= 0.3 is 0 Å². The van der Waals surface area contributed by atoms with Crippen molar-refractivity contribution in [2.75, 3.05) is 6.61 Å². The summed E-state index contributed by atoms with van der Waals surface area (Å²) in [5.41, 5.74) is 0.341. The van der Waals surface area contributed by atoms with Gasteiger partial charge in [-0.1, -0.05) is 20.8 Å². The van der Waals surface area contributed by atoms with E-state index in [1.807, 2.05) is 0 Å². The van der Waals surface area contributed by atoms with Gasteiger partial charge in [0.15, 0.2) is 0 Å². The quantitative estimate of drug-likeness (QED) is 0.812. The van der Waals surface area contributed by atoms with Crippen molar-refractivity contribution in [2.24, 2.45) is 17.3 Å². The lowest BCUT2D eigenvalue weighted by Crippen LogP contribution is -2.70. The van der Waals surface area contributed by atoms with E-state index in [1.54, 1.807) is 0 Å². The smallest absolute Gasteiger partial charge is 0.0684 e. The Kier molecular flexibility index (Phi) is 3.44. The summed E-state index contributed by atoms with van der Waals surface area (Å²) in [6, 6.07) is 1.47. The Labute approximate surface area is 112 Å². The van der Waals surface area contributed by atoms with Crippen molar-refractivity contribution >= 4 is 0 Å². The molecule has 3 atom stereocenters. The SMILES string of the molecule is CC1CCC(NC2C3CCCOC3C2(C)C)CC1. The molecule has 2 aliphatic carbocycles. The fraction of sp³-hybridized carbons (Fsp3) is 1.00. The van der Waals surface area contributed by atoms with E-state index in [4.69, 9.17) is 4.74 Å². The van der Waals surface area contributed by atoms with Crippen LogP contribution in [-0.2, 0) is 4.74 Å². The van der Waals surface area contributed by atoms with E-state index in [0.29, 0.717) is 17.6 Å². The third-order valence-corrected chi connectivity index (χ3v) is 5.76. The summed E-state index contributed by atoms with van der Waals surface area (Å²) in [4.78, 5) is 0. The normalized spacial score (nSPS) is 47.2. The minimum atomic E-state index is 0.341. The first-order valence-corrected chi connectivity index (χ1v) is 7.96. The Hall–Kier alpha value is -0.0800. The number of fused-ring (bicyclic) bond motifs is 1. The van der Waals surface area contributed by atoms with Crippen LogP contribution in [0.5, 0.6) is 0 Å². The molecule has 1 aliphatic heterocycles. The maximum Gasteiger partial charge on any atom is 0.0684 e. The highest BCUT2D eigenvalue weighted by Gasteiger charge is 2.58. The van der Waals surface area contributed by atoms with Crippen molar-refractivity contribution in [3.8, 4) is 0 Å². The molecule has 2 saturated carbocycles. The Morgan fingerprint density at radius 3 is 2.50 bits per heavy atom. The van der Waals surface area contributed by atoms with Crippen molar-refractivity contribution in [3.63, 3.8) is 0 Å². The predicted molar refractivity (Wildman–Crippen MR) is 74.6 cm³/mol. The molecule has 104 valence electrons. The van der Waals surface area contributed by atoms with Crippen LogP contribution in [0.15, 0.2) is 0 Å². The second-order valence-corrected chi connectivity index (χ2v) is 7.52. The molecule has 0 aromatic rings. The van der Waals surface area contributed by atoms with Crippen LogP contribution in [0.25, 0.3) is 0 Å². The van der Waals surface area contributed by atoms with Gasteiger partial charge in [-0.25, -0.2) is 0 Å². The van der Waals surface area contributed by atoms with Gasteiger partial charge < -0.3 is 10.1 Å². The summed E-state index contributed by atoms with van der Waals surface area (Å²) in [7, 11) is 0. The van der Waals surface area contributed by atoms with Gasteiger partial charge in [0.2, 0.25) is 0 Å². The van der Waals surface area contributed by atoms with Gasteiger partial charge in [0.25, 0.3) is 0 Å². The van der Waals surface area contributed by atoms with Crippen LogP contribution >= 0.6 is 0 Å². The molecule has 0 spiro atoms. The summed E-state index contributed by atoms with van der Waals surface area (Å²) in [6.45, 7) is 8.16. The lowest BCUT2D eigenvalue weighted by Gasteiger charge is -2.61. The first-order valence-electron chi connectivity index (χ1n) is 7.96. The first-order chi connectivity index (χ1) is 8.59. The van der Waals surface area contributed by atoms with Gasteiger partial charge in [0.05, 0.1) is 6.10 Å². The molecule has 3 aliphatic rings. The van der Waals surface area contributed by atoms with Gasteiger partial charge in [-0.05, 0) is 44.4 Å². The topological polar surface area (TPSA) is 21.3 Å². The molecule has 2 nitrogen and oxygen atoms in total. The van der Waals surface area contributed by atoms with Crippen molar-refractivity contribution in [1.82, 2.24) is 5.32 Å². The summed E-state index contributed by atoms with van der Waals surface area (Å²) in [6.07, 6.45) is 8.74. The number of rotatable bonds is 2. The molecule has 0 aromatic heterocycles. The molecule has 3 unspecified atom stereocenters. The lowest BCUT2D eigenvalue weighted by molar-refractivity contribution is -0.195.